The Hall–Kier alpha value is -7.37. The Labute approximate surface area is 323 Å². The first-order valence-electron chi connectivity index (χ1n) is 19.1. The second kappa shape index (κ2) is 13.2. The smallest absolute Gasteiger partial charge is 0.163 e. The molecule has 0 radical (unpaired) electrons. The van der Waals surface area contributed by atoms with Crippen LogP contribution in [0.2, 0.25) is 0 Å². The molecule has 0 saturated carbocycles. The van der Waals surface area contributed by atoms with E-state index in [0.29, 0.717) is 11.6 Å². The van der Waals surface area contributed by atoms with E-state index in [1.807, 2.05) is 30.3 Å². The summed E-state index contributed by atoms with van der Waals surface area (Å²) in [6, 6.07) is 57.6. The number of benzene rings is 7. The van der Waals surface area contributed by atoms with Gasteiger partial charge in [-0.25, -0.2) is 15.0 Å². The van der Waals surface area contributed by atoms with Crippen LogP contribution in [0.25, 0.3) is 94.5 Å². The van der Waals surface area contributed by atoms with Crippen molar-refractivity contribution in [1.82, 2.24) is 19.5 Å². The highest BCUT2D eigenvalue weighted by atomic mass is 16.3. The molecule has 3 heterocycles. The second-order valence-corrected chi connectivity index (χ2v) is 14.3. The SMILES string of the molecule is C1=CCC(c2nc(-c3ccccc3)nc(-c3cc(-c4ccccc4)c(-n4c5ccccc5c5cc6c(cc54)oc4ccccc46)c(-c4ccccc4)c3)n2)C=C1. The second-order valence-electron chi connectivity index (χ2n) is 14.3. The molecule has 10 aromatic rings. The van der Waals surface area contributed by atoms with Crippen LogP contribution in [0.4, 0.5) is 0 Å². The van der Waals surface area contributed by atoms with Gasteiger partial charge in [0, 0.05) is 55.8 Å². The van der Waals surface area contributed by atoms with Crippen molar-refractivity contribution >= 4 is 43.7 Å². The predicted octanol–water partition coefficient (Wildman–Crippen LogP) is 13.1. The Morgan fingerprint density at radius 2 is 1.07 bits per heavy atom. The Kier molecular flexibility index (Phi) is 7.56. The Morgan fingerprint density at radius 3 is 1.75 bits per heavy atom. The molecule has 1 unspecified atom stereocenters. The van der Waals surface area contributed by atoms with E-state index in [1.165, 1.54) is 10.8 Å². The minimum Gasteiger partial charge on any atom is -0.456 e. The molecule has 56 heavy (non-hydrogen) atoms. The summed E-state index contributed by atoms with van der Waals surface area (Å²) in [6.45, 7) is 0. The number of para-hydroxylation sites is 2. The van der Waals surface area contributed by atoms with Crippen LogP contribution in [-0.2, 0) is 0 Å². The van der Waals surface area contributed by atoms with Crippen LogP contribution in [0.3, 0.4) is 0 Å². The van der Waals surface area contributed by atoms with E-state index in [1.54, 1.807) is 0 Å². The number of hydrogen-bond donors (Lipinski definition) is 0. The summed E-state index contributed by atoms with van der Waals surface area (Å²) in [5.41, 5.74) is 11.2. The Balaban J connectivity index is 1.25. The molecule has 0 spiro atoms. The van der Waals surface area contributed by atoms with Gasteiger partial charge in [-0.2, -0.15) is 0 Å². The van der Waals surface area contributed by atoms with Crippen LogP contribution in [-0.4, -0.2) is 19.5 Å². The van der Waals surface area contributed by atoms with Crippen LogP contribution in [0, 0.1) is 0 Å². The van der Waals surface area contributed by atoms with E-state index in [-0.39, 0.29) is 5.92 Å². The summed E-state index contributed by atoms with van der Waals surface area (Å²) in [6.07, 6.45) is 9.37. The van der Waals surface area contributed by atoms with E-state index in [9.17, 15) is 0 Å². The molecule has 0 aliphatic heterocycles. The number of nitrogens with zero attached hydrogens (tertiary/aromatic N) is 4. The lowest BCUT2D eigenvalue weighted by Gasteiger charge is -2.21. The zero-order valence-electron chi connectivity index (χ0n) is 30.4. The number of furan rings is 1. The number of aromatic nitrogens is 4. The molecule has 5 heteroatoms. The maximum absolute atomic E-state index is 6.52. The summed E-state index contributed by atoms with van der Waals surface area (Å²) in [5.74, 6) is 2.12. The molecule has 0 N–H and O–H groups in total. The minimum absolute atomic E-state index is 0.0540. The average molecular weight is 719 g/mol. The van der Waals surface area contributed by atoms with Gasteiger partial charge in [0.25, 0.3) is 0 Å². The molecule has 5 nitrogen and oxygen atoms in total. The van der Waals surface area contributed by atoms with Crippen LogP contribution >= 0.6 is 0 Å². The van der Waals surface area contributed by atoms with Gasteiger partial charge in [0.1, 0.15) is 17.0 Å². The fourth-order valence-electron chi connectivity index (χ4n) is 8.28. The normalized spacial score (nSPS) is 14.0. The third-order valence-corrected chi connectivity index (χ3v) is 10.9. The van der Waals surface area contributed by atoms with Gasteiger partial charge in [-0.1, -0.05) is 152 Å². The van der Waals surface area contributed by atoms with E-state index in [0.717, 1.165) is 84.3 Å². The molecule has 7 aromatic carbocycles. The number of rotatable bonds is 6. The molecule has 0 saturated heterocycles. The molecule has 1 atom stereocenters. The highest BCUT2D eigenvalue weighted by Crippen LogP contribution is 2.45. The molecule has 0 bridgehead atoms. The molecule has 0 fully saturated rings. The third kappa shape index (κ3) is 5.36. The minimum atomic E-state index is 0.0540. The van der Waals surface area contributed by atoms with Gasteiger partial charge in [0.2, 0.25) is 0 Å². The van der Waals surface area contributed by atoms with Crippen molar-refractivity contribution < 1.29 is 4.42 Å². The first kappa shape index (κ1) is 32.1. The molecular formula is C51H34N4O. The van der Waals surface area contributed by atoms with Gasteiger partial charge in [-0.05, 0) is 47.9 Å². The van der Waals surface area contributed by atoms with Gasteiger partial charge >= 0.3 is 0 Å². The third-order valence-electron chi connectivity index (χ3n) is 10.9. The van der Waals surface area contributed by atoms with E-state index in [4.69, 9.17) is 19.4 Å². The topological polar surface area (TPSA) is 56.7 Å². The van der Waals surface area contributed by atoms with Gasteiger partial charge in [-0.15, -0.1) is 0 Å². The highest BCUT2D eigenvalue weighted by Gasteiger charge is 2.24. The van der Waals surface area contributed by atoms with Gasteiger partial charge in [0.15, 0.2) is 11.6 Å². The summed E-state index contributed by atoms with van der Waals surface area (Å²) < 4.78 is 8.95. The standard InChI is InChI=1S/C51H34N4O/c1-5-17-33(18-6-1)40-29-37(51-53-49(35-21-9-3-10-22-35)52-50(54-51)36-23-11-4-12-24-36)30-41(34-19-7-2-8-20-34)48(40)55-44-27-15-13-25-38(44)42-31-43-39-26-14-16-28-46(39)56-47(43)32-45(42)55/h1-23,25-32,36H,24H2. The predicted molar refractivity (Wildman–Crippen MR) is 229 cm³/mol. The lowest BCUT2D eigenvalue weighted by molar-refractivity contribution is 0.669. The van der Waals surface area contributed by atoms with Gasteiger partial charge in [-0.3, -0.25) is 0 Å². The number of hydrogen-bond acceptors (Lipinski definition) is 4. The lowest BCUT2D eigenvalue weighted by atomic mass is 9.92. The Morgan fingerprint density at radius 1 is 0.464 bits per heavy atom. The van der Waals surface area contributed by atoms with E-state index >= 15 is 0 Å². The van der Waals surface area contributed by atoms with Crippen LogP contribution < -0.4 is 0 Å². The van der Waals surface area contributed by atoms with Crippen LogP contribution in [0.1, 0.15) is 18.2 Å². The monoisotopic (exact) mass is 718 g/mol. The largest absolute Gasteiger partial charge is 0.456 e. The summed E-state index contributed by atoms with van der Waals surface area (Å²) in [5, 5.41) is 4.58. The zero-order chi connectivity index (χ0) is 37.0. The van der Waals surface area contributed by atoms with E-state index in [2.05, 4.69) is 162 Å². The fraction of sp³-hybridized carbons (Fsp3) is 0.0392. The van der Waals surface area contributed by atoms with Crippen molar-refractivity contribution in [3.8, 4) is 50.7 Å². The van der Waals surface area contributed by atoms with Crippen molar-refractivity contribution in [3.05, 3.63) is 194 Å². The van der Waals surface area contributed by atoms with Gasteiger partial charge in [0.05, 0.1) is 16.7 Å². The van der Waals surface area contributed by atoms with Crippen molar-refractivity contribution in [2.75, 3.05) is 0 Å². The number of fused-ring (bicyclic) bond motifs is 6. The molecule has 0 amide bonds. The maximum Gasteiger partial charge on any atom is 0.163 e. The molecule has 3 aromatic heterocycles. The van der Waals surface area contributed by atoms with E-state index < -0.39 is 0 Å². The average Bonchev–Trinajstić information content (AvgIpc) is 3.80. The van der Waals surface area contributed by atoms with Crippen LogP contribution in [0.5, 0.6) is 0 Å². The lowest BCUT2D eigenvalue weighted by Crippen LogP contribution is -2.08. The molecular weight excluding hydrogens is 685 g/mol. The molecule has 11 rings (SSSR count). The number of allylic oxidation sites excluding steroid dienone is 4. The maximum atomic E-state index is 6.52. The first-order chi connectivity index (χ1) is 27.8. The van der Waals surface area contributed by atoms with Crippen molar-refractivity contribution in [2.24, 2.45) is 0 Å². The van der Waals surface area contributed by atoms with Gasteiger partial charge < -0.3 is 8.98 Å². The van der Waals surface area contributed by atoms with Crippen molar-refractivity contribution in [1.29, 1.82) is 0 Å². The van der Waals surface area contributed by atoms with Crippen molar-refractivity contribution in [2.45, 2.75) is 12.3 Å². The summed E-state index contributed by atoms with van der Waals surface area (Å²) in [7, 11) is 0. The molecule has 1 aliphatic rings. The quantitative estimate of drug-likeness (QED) is 0.172. The molecule has 1 aliphatic carbocycles. The highest BCUT2D eigenvalue weighted by molar-refractivity contribution is 6.18. The summed E-state index contributed by atoms with van der Waals surface area (Å²) in [4.78, 5) is 15.5. The Bertz CT molecular complexity index is 3100. The first-order valence-corrected chi connectivity index (χ1v) is 19.1. The molecule has 264 valence electrons. The van der Waals surface area contributed by atoms with Crippen LogP contribution in [0.15, 0.2) is 193 Å². The summed E-state index contributed by atoms with van der Waals surface area (Å²) >= 11 is 0. The van der Waals surface area contributed by atoms with Crippen molar-refractivity contribution in [3.63, 3.8) is 0 Å². The zero-order valence-corrected chi connectivity index (χ0v) is 30.4. The fourth-order valence-corrected chi connectivity index (χ4v) is 8.28.